The first-order valence-electron chi connectivity index (χ1n) is 9.86. The van der Waals surface area contributed by atoms with Gasteiger partial charge in [-0.05, 0) is 37.0 Å². The summed E-state index contributed by atoms with van der Waals surface area (Å²) in [5, 5.41) is 1.73. The molecule has 0 unspecified atom stereocenters. The first-order chi connectivity index (χ1) is 12.9. The van der Waals surface area contributed by atoms with Gasteiger partial charge in [0.2, 0.25) is 0 Å². The summed E-state index contributed by atoms with van der Waals surface area (Å²) in [4.78, 5) is 0. The summed E-state index contributed by atoms with van der Waals surface area (Å²) >= 11 is -0.106. The maximum absolute atomic E-state index is 4.81. The van der Waals surface area contributed by atoms with Crippen molar-refractivity contribution in [3.8, 4) is 0 Å². The summed E-state index contributed by atoms with van der Waals surface area (Å²) in [6.45, 7) is 0. The maximum Gasteiger partial charge on any atom is 2.00 e. The van der Waals surface area contributed by atoms with Gasteiger partial charge in [0, 0.05) is 0 Å². The van der Waals surface area contributed by atoms with Crippen molar-refractivity contribution >= 4 is 32.3 Å². The Balaban J connectivity index is 0.000000342. The van der Waals surface area contributed by atoms with E-state index in [0.29, 0.717) is 0 Å². The van der Waals surface area contributed by atoms with Crippen molar-refractivity contribution in [1.29, 1.82) is 0 Å². The molecule has 2 aliphatic carbocycles. The third kappa shape index (κ3) is 9.96. The van der Waals surface area contributed by atoms with Gasteiger partial charge in [-0.2, -0.15) is 30.3 Å². The Morgan fingerprint density at radius 3 is 1.59 bits per heavy atom. The van der Waals surface area contributed by atoms with E-state index in [4.69, 9.17) is 19.1 Å². The van der Waals surface area contributed by atoms with Crippen molar-refractivity contribution in [3.63, 3.8) is 0 Å². The predicted octanol–water partition coefficient (Wildman–Crippen LogP) is 7.96. The maximum atomic E-state index is 4.81. The summed E-state index contributed by atoms with van der Waals surface area (Å²) in [6, 6.07) is 19.4. The fourth-order valence-corrected chi connectivity index (χ4v) is 8.09. The molecule has 0 atom stereocenters. The zero-order chi connectivity index (χ0) is 18.5. The Bertz CT molecular complexity index is 485. The Morgan fingerprint density at radius 2 is 1.26 bits per heavy atom. The van der Waals surface area contributed by atoms with Crippen LogP contribution in [0.1, 0.15) is 64.2 Å². The van der Waals surface area contributed by atoms with Gasteiger partial charge in [0.05, 0.1) is 0 Å². The zero-order valence-electron chi connectivity index (χ0n) is 15.8. The molecule has 0 N–H and O–H groups in total. The number of halogens is 2. The molecule has 27 heavy (non-hydrogen) atoms. The van der Waals surface area contributed by atoms with Gasteiger partial charge in [-0.25, -0.2) is 24.3 Å². The molecule has 0 radical (unpaired) electrons. The third-order valence-corrected chi connectivity index (χ3v) is 8.94. The summed E-state index contributed by atoms with van der Waals surface area (Å²) in [5.41, 5.74) is 2.11. The van der Waals surface area contributed by atoms with E-state index in [1.54, 1.807) is 5.30 Å². The third-order valence-electron chi connectivity index (χ3n) is 5.43. The fraction of sp³-hybridized carbons (Fsp3) is 0.545. The number of rotatable bonds is 3. The molecular formula is C22H31Cl2FePPd. The summed E-state index contributed by atoms with van der Waals surface area (Å²) in [7, 11) is 9.77. The first-order valence-corrected chi connectivity index (χ1v) is 15.3. The van der Waals surface area contributed by atoms with Crippen LogP contribution in [-0.4, -0.2) is 11.3 Å². The SMILES string of the molecule is [Cl][Pd][Cl].[Fe+2].c1c[cH-]c(P(C2CCCCC2)C2CCCCC2)c1.c1cc[cH-]c1. The van der Waals surface area contributed by atoms with Crippen LogP contribution in [0.4, 0.5) is 0 Å². The Labute approximate surface area is 194 Å². The topological polar surface area (TPSA) is 0 Å². The molecule has 0 amide bonds. The molecule has 2 saturated carbocycles. The van der Waals surface area contributed by atoms with Crippen molar-refractivity contribution in [2.45, 2.75) is 75.5 Å². The van der Waals surface area contributed by atoms with Crippen LogP contribution in [0.3, 0.4) is 0 Å². The van der Waals surface area contributed by atoms with E-state index in [0.717, 1.165) is 11.3 Å². The summed E-state index contributed by atoms with van der Waals surface area (Å²) in [6.07, 6.45) is 15.1. The average molecular weight is 560 g/mol. The predicted molar refractivity (Wildman–Crippen MR) is 116 cm³/mol. The van der Waals surface area contributed by atoms with Crippen LogP contribution in [0.15, 0.2) is 54.6 Å². The molecule has 2 aliphatic rings. The van der Waals surface area contributed by atoms with Gasteiger partial charge in [-0.15, -0.1) is 5.30 Å². The van der Waals surface area contributed by atoms with Crippen LogP contribution < -0.4 is 5.30 Å². The van der Waals surface area contributed by atoms with Gasteiger partial charge in [-0.1, -0.05) is 46.4 Å². The van der Waals surface area contributed by atoms with E-state index in [1.165, 1.54) is 64.2 Å². The molecule has 2 aromatic rings. The van der Waals surface area contributed by atoms with Gasteiger partial charge in [-0.3, -0.25) is 0 Å². The quantitative estimate of drug-likeness (QED) is 0.203. The van der Waals surface area contributed by atoms with Crippen molar-refractivity contribution in [3.05, 3.63) is 54.6 Å². The summed E-state index contributed by atoms with van der Waals surface area (Å²) < 4.78 is 0. The van der Waals surface area contributed by atoms with E-state index >= 15 is 0 Å². The van der Waals surface area contributed by atoms with Gasteiger partial charge in [0.1, 0.15) is 0 Å². The molecule has 2 fully saturated rings. The largest absolute Gasteiger partial charge is 2.00 e. The average Bonchev–Trinajstić information content (AvgIpc) is 3.42. The van der Waals surface area contributed by atoms with Crippen molar-refractivity contribution in [1.82, 2.24) is 0 Å². The molecule has 0 nitrogen and oxygen atoms in total. The minimum atomic E-state index is -0.106. The van der Waals surface area contributed by atoms with Crippen molar-refractivity contribution in [2.75, 3.05) is 0 Å². The summed E-state index contributed by atoms with van der Waals surface area (Å²) in [5.74, 6) is 0. The van der Waals surface area contributed by atoms with E-state index in [-0.39, 0.29) is 40.9 Å². The second-order valence-corrected chi connectivity index (χ2v) is 12.3. The molecule has 5 heteroatoms. The molecule has 0 spiro atoms. The molecule has 0 aromatic heterocycles. The minimum absolute atomic E-state index is 0. The molecule has 156 valence electrons. The van der Waals surface area contributed by atoms with Crippen molar-refractivity contribution < 1.29 is 33.0 Å². The number of hydrogen-bond acceptors (Lipinski definition) is 0. The molecular weight excluding hydrogens is 528 g/mol. The van der Waals surface area contributed by atoms with E-state index in [1.807, 2.05) is 30.3 Å². The fourth-order valence-electron chi connectivity index (χ4n) is 4.29. The monoisotopic (exact) mass is 558 g/mol. The normalized spacial score (nSPS) is 18.0. The van der Waals surface area contributed by atoms with Gasteiger partial charge in [0.25, 0.3) is 0 Å². The minimum Gasteiger partial charge on any atom is -0.214 e. The molecule has 0 aliphatic heterocycles. The van der Waals surface area contributed by atoms with E-state index in [9.17, 15) is 0 Å². The molecule has 4 rings (SSSR count). The molecule has 0 heterocycles. The Morgan fingerprint density at radius 1 is 0.778 bits per heavy atom. The van der Waals surface area contributed by atoms with Crippen LogP contribution in [0.5, 0.6) is 0 Å². The van der Waals surface area contributed by atoms with Gasteiger partial charge >= 0.3 is 52.1 Å². The van der Waals surface area contributed by atoms with Crippen LogP contribution in [-0.2, 0) is 33.0 Å². The Hall–Kier alpha value is 0.892. The van der Waals surface area contributed by atoms with Crippen molar-refractivity contribution in [2.24, 2.45) is 0 Å². The smallest absolute Gasteiger partial charge is 0.214 e. The van der Waals surface area contributed by atoms with Gasteiger partial charge in [0.15, 0.2) is 0 Å². The molecule has 0 bridgehead atoms. The van der Waals surface area contributed by atoms with Crippen LogP contribution in [0, 0.1) is 0 Å². The second kappa shape index (κ2) is 16.7. The van der Waals surface area contributed by atoms with Crippen LogP contribution >= 0.6 is 27.0 Å². The molecule has 2 aromatic carbocycles. The Kier molecular flexibility index (Phi) is 16.0. The molecule has 0 saturated heterocycles. The standard InChI is InChI=1S/C17H26P.C5H5.2ClH.Fe.Pd/c1-3-9-15(10-4-1)18(17-13-7-8-14-17)16-11-5-2-6-12-16;1-2-4-5-3-1;;;;/h7-8,13-16H,1-6,9-12H2;1-5H;2*1H;;/q2*-1;;;2*+2/p-2. The van der Waals surface area contributed by atoms with E-state index < -0.39 is 0 Å². The first kappa shape index (κ1) is 25.9. The van der Waals surface area contributed by atoms with Crippen LogP contribution in [0.2, 0.25) is 0 Å². The number of hydrogen-bond donors (Lipinski definition) is 0. The second-order valence-electron chi connectivity index (χ2n) is 7.14. The van der Waals surface area contributed by atoms with Gasteiger partial charge < -0.3 is 0 Å². The van der Waals surface area contributed by atoms with E-state index in [2.05, 4.69) is 24.3 Å². The van der Waals surface area contributed by atoms with Crippen LogP contribution in [0.25, 0.3) is 0 Å². The zero-order valence-corrected chi connectivity index (χ0v) is 20.9.